The molecular formula is C21H26ClN3O3. The van der Waals surface area contributed by atoms with E-state index in [4.69, 9.17) is 16.3 Å². The number of rotatable bonds is 8. The Bertz CT molecular complexity index is 783. The predicted octanol–water partition coefficient (Wildman–Crippen LogP) is 3.37. The van der Waals surface area contributed by atoms with Crippen molar-refractivity contribution in [2.75, 3.05) is 20.6 Å². The molecule has 28 heavy (non-hydrogen) atoms. The fourth-order valence-electron chi connectivity index (χ4n) is 2.67. The van der Waals surface area contributed by atoms with Gasteiger partial charge in [0.15, 0.2) is 0 Å². The molecule has 6 nitrogen and oxygen atoms in total. The smallest absolute Gasteiger partial charge is 0.408 e. The maximum atomic E-state index is 12.4. The fraction of sp³-hybridized carbons (Fsp3) is 0.333. The monoisotopic (exact) mass is 403 g/mol. The van der Waals surface area contributed by atoms with E-state index in [9.17, 15) is 9.59 Å². The van der Waals surface area contributed by atoms with Crippen LogP contribution in [0.15, 0.2) is 54.6 Å². The zero-order chi connectivity index (χ0) is 20.5. The quantitative estimate of drug-likeness (QED) is 0.708. The number of likely N-dealkylation sites (N-methyl/N-ethyl adjacent to an activating group) is 1. The van der Waals surface area contributed by atoms with Crippen LogP contribution >= 0.6 is 11.6 Å². The molecule has 150 valence electrons. The third-order valence-corrected chi connectivity index (χ3v) is 4.64. The second-order valence-corrected chi connectivity index (χ2v) is 7.08. The Morgan fingerprint density at radius 1 is 1.07 bits per heavy atom. The first-order chi connectivity index (χ1) is 13.4. The molecule has 7 heteroatoms. The Balaban J connectivity index is 1.83. The average molecular weight is 404 g/mol. The van der Waals surface area contributed by atoms with Crippen molar-refractivity contribution in [3.63, 3.8) is 0 Å². The van der Waals surface area contributed by atoms with Crippen molar-refractivity contribution < 1.29 is 14.3 Å². The average Bonchev–Trinajstić information content (AvgIpc) is 2.68. The minimum absolute atomic E-state index is 0.0881. The van der Waals surface area contributed by atoms with E-state index in [0.29, 0.717) is 11.6 Å². The molecule has 0 fully saturated rings. The standard InChI is InChI=1S/C21H26ClN3O3/c1-15(24-21(27)28-14-16-9-5-4-6-10-16)20(26)23-13-19(25(2)3)17-11-7-8-12-18(17)22/h4-12,15,19H,13-14H2,1-3H3,(H,23,26)(H,24,27)/t15-,19-/m1/s1. The second-order valence-electron chi connectivity index (χ2n) is 6.67. The zero-order valence-corrected chi connectivity index (χ0v) is 17.1. The summed E-state index contributed by atoms with van der Waals surface area (Å²) in [5, 5.41) is 6.04. The van der Waals surface area contributed by atoms with Crippen LogP contribution in [0.5, 0.6) is 0 Å². The molecule has 0 aliphatic heterocycles. The van der Waals surface area contributed by atoms with Crippen LogP contribution in [0.25, 0.3) is 0 Å². The molecule has 0 spiro atoms. The molecule has 2 atom stereocenters. The Morgan fingerprint density at radius 2 is 1.71 bits per heavy atom. The number of halogens is 1. The van der Waals surface area contributed by atoms with Gasteiger partial charge < -0.3 is 20.3 Å². The molecule has 0 bridgehead atoms. The molecule has 0 aliphatic carbocycles. The van der Waals surface area contributed by atoms with Gasteiger partial charge in [0.2, 0.25) is 5.91 Å². The predicted molar refractivity (Wildman–Crippen MR) is 110 cm³/mol. The van der Waals surface area contributed by atoms with Crippen LogP contribution < -0.4 is 10.6 Å². The van der Waals surface area contributed by atoms with E-state index in [-0.39, 0.29) is 18.6 Å². The number of carbonyl (C=O) groups is 2. The van der Waals surface area contributed by atoms with Crippen molar-refractivity contribution in [3.8, 4) is 0 Å². The first-order valence-electron chi connectivity index (χ1n) is 9.04. The summed E-state index contributed by atoms with van der Waals surface area (Å²) >= 11 is 6.28. The lowest BCUT2D eigenvalue weighted by Crippen LogP contribution is -2.46. The van der Waals surface area contributed by atoms with Crippen molar-refractivity contribution in [2.45, 2.75) is 25.6 Å². The Hall–Kier alpha value is -2.57. The highest BCUT2D eigenvalue weighted by Gasteiger charge is 2.21. The lowest BCUT2D eigenvalue weighted by Gasteiger charge is -2.26. The summed E-state index contributed by atoms with van der Waals surface area (Å²) in [6.45, 7) is 2.12. The number of amides is 2. The molecule has 2 N–H and O–H groups in total. The molecule has 2 rings (SSSR count). The first-order valence-corrected chi connectivity index (χ1v) is 9.42. The fourth-order valence-corrected chi connectivity index (χ4v) is 2.94. The van der Waals surface area contributed by atoms with Crippen LogP contribution in [0, 0.1) is 0 Å². The molecule has 0 saturated heterocycles. The topological polar surface area (TPSA) is 70.7 Å². The van der Waals surface area contributed by atoms with Crippen molar-refractivity contribution >= 4 is 23.6 Å². The lowest BCUT2D eigenvalue weighted by molar-refractivity contribution is -0.122. The van der Waals surface area contributed by atoms with Crippen LogP contribution in [-0.4, -0.2) is 43.6 Å². The van der Waals surface area contributed by atoms with Gasteiger partial charge >= 0.3 is 6.09 Å². The largest absolute Gasteiger partial charge is 0.445 e. The van der Waals surface area contributed by atoms with Gasteiger partial charge in [0.1, 0.15) is 12.6 Å². The van der Waals surface area contributed by atoms with Crippen LogP contribution in [0.1, 0.15) is 24.1 Å². The van der Waals surface area contributed by atoms with Crippen LogP contribution in [0.4, 0.5) is 4.79 Å². The minimum atomic E-state index is -0.725. The summed E-state index contributed by atoms with van der Waals surface area (Å²) in [5.41, 5.74) is 1.81. The van der Waals surface area contributed by atoms with Gasteiger partial charge in [-0.1, -0.05) is 60.1 Å². The highest BCUT2D eigenvalue weighted by atomic mass is 35.5. The number of ether oxygens (including phenoxy) is 1. The molecular weight excluding hydrogens is 378 g/mol. The number of hydrogen-bond donors (Lipinski definition) is 2. The van der Waals surface area contributed by atoms with Crippen molar-refractivity contribution in [2.24, 2.45) is 0 Å². The van der Waals surface area contributed by atoms with Crippen LogP contribution in [0.2, 0.25) is 5.02 Å². The van der Waals surface area contributed by atoms with E-state index < -0.39 is 12.1 Å². The van der Waals surface area contributed by atoms with E-state index in [1.54, 1.807) is 6.92 Å². The normalized spacial score (nSPS) is 12.9. The summed E-state index contributed by atoms with van der Waals surface area (Å²) in [4.78, 5) is 26.2. The molecule has 2 aromatic carbocycles. The number of benzene rings is 2. The molecule has 0 heterocycles. The maximum Gasteiger partial charge on any atom is 0.408 e. The number of alkyl carbamates (subject to hydrolysis) is 1. The molecule has 2 aromatic rings. The van der Waals surface area contributed by atoms with Gasteiger partial charge in [-0.05, 0) is 38.2 Å². The van der Waals surface area contributed by atoms with E-state index in [1.807, 2.05) is 73.6 Å². The van der Waals surface area contributed by atoms with E-state index in [1.165, 1.54) is 0 Å². The number of hydrogen-bond acceptors (Lipinski definition) is 4. The Morgan fingerprint density at radius 3 is 2.36 bits per heavy atom. The van der Waals surface area contributed by atoms with Crippen molar-refractivity contribution in [1.29, 1.82) is 0 Å². The van der Waals surface area contributed by atoms with E-state index >= 15 is 0 Å². The van der Waals surface area contributed by atoms with Crippen molar-refractivity contribution in [3.05, 3.63) is 70.7 Å². The number of nitrogens with one attached hydrogen (secondary N) is 2. The molecule has 2 amide bonds. The number of nitrogens with zero attached hydrogens (tertiary/aromatic N) is 1. The molecule has 0 aliphatic rings. The summed E-state index contributed by atoms with van der Waals surface area (Å²) in [7, 11) is 3.84. The summed E-state index contributed by atoms with van der Waals surface area (Å²) in [6.07, 6.45) is -0.637. The Labute approximate surface area is 170 Å². The van der Waals surface area contributed by atoms with Gasteiger partial charge in [0, 0.05) is 11.6 Å². The summed E-state index contributed by atoms with van der Waals surface area (Å²) < 4.78 is 5.14. The number of carbonyl (C=O) groups excluding carboxylic acids is 2. The molecule has 0 unspecified atom stereocenters. The highest BCUT2D eigenvalue weighted by molar-refractivity contribution is 6.31. The SMILES string of the molecule is C[C@@H](NC(=O)OCc1ccccc1)C(=O)NC[C@H](c1ccccc1Cl)N(C)C. The first kappa shape index (κ1) is 21.7. The summed E-state index contributed by atoms with van der Waals surface area (Å²) in [6, 6.07) is 16.1. The van der Waals surface area contributed by atoms with Gasteiger partial charge in [-0.25, -0.2) is 4.79 Å². The maximum absolute atomic E-state index is 12.4. The van der Waals surface area contributed by atoms with Gasteiger partial charge in [-0.3, -0.25) is 4.79 Å². The van der Waals surface area contributed by atoms with Crippen LogP contribution in [-0.2, 0) is 16.1 Å². The van der Waals surface area contributed by atoms with Crippen molar-refractivity contribution in [1.82, 2.24) is 15.5 Å². The van der Waals surface area contributed by atoms with Crippen LogP contribution in [0.3, 0.4) is 0 Å². The van der Waals surface area contributed by atoms with Gasteiger partial charge in [0.25, 0.3) is 0 Å². The molecule has 0 radical (unpaired) electrons. The zero-order valence-electron chi connectivity index (χ0n) is 16.3. The minimum Gasteiger partial charge on any atom is -0.445 e. The lowest BCUT2D eigenvalue weighted by atomic mass is 10.1. The van der Waals surface area contributed by atoms with E-state index in [0.717, 1.165) is 11.1 Å². The van der Waals surface area contributed by atoms with Gasteiger partial charge in [0.05, 0.1) is 6.04 Å². The molecule has 0 saturated carbocycles. The third-order valence-electron chi connectivity index (χ3n) is 4.30. The van der Waals surface area contributed by atoms with Gasteiger partial charge in [-0.15, -0.1) is 0 Å². The molecule has 0 aromatic heterocycles. The second kappa shape index (κ2) is 10.7. The Kier molecular flexibility index (Phi) is 8.29. The third kappa shape index (κ3) is 6.55. The highest BCUT2D eigenvalue weighted by Crippen LogP contribution is 2.25. The van der Waals surface area contributed by atoms with Gasteiger partial charge in [-0.2, -0.15) is 0 Å². The summed E-state index contributed by atoms with van der Waals surface area (Å²) in [5.74, 6) is -0.296. The van der Waals surface area contributed by atoms with E-state index in [2.05, 4.69) is 10.6 Å².